The molecule has 1 aromatic carbocycles. The van der Waals surface area contributed by atoms with Crippen molar-refractivity contribution >= 4 is 34.9 Å². The minimum atomic E-state index is -0.495. The van der Waals surface area contributed by atoms with Gasteiger partial charge in [0.05, 0.1) is 40.8 Å². The van der Waals surface area contributed by atoms with Gasteiger partial charge < -0.3 is 15.0 Å². The normalized spacial score (nSPS) is 14.0. The summed E-state index contributed by atoms with van der Waals surface area (Å²) in [5.41, 5.74) is 2.04. The predicted molar refractivity (Wildman–Crippen MR) is 101 cm³/mol. The number of methoxy groups -OCH3 is 1. The van der Waals surface area contributed by atoms with Gasteiger partial charge in [0.25, 0.3) is 5.91 Å². The van der Waals surface area contributed by atoms with Gasteiger partial charge in [-0.2, -0.15) is 0 Å². The van der Waals surface area contributed by atoms with Crippen LogP contribution in [0.4, 0.5) is 11.4 Å². The third-order valence-corrected chi connectivity index (χ3v) is 4.67. The molecule has 2 aromatic rings. The Morgan fingerprint density at radius 2 is 1.88 bits per heavy atom. The number of piperidine rings is 1. The van der Waals surface area contributed by atoms with Crippen molar-refractivity contribution in [1.29, 1.82) is 0 Å². The van der Waals surface area contributed by atoms with Crippen molar-refractivity contribution in [3.63, 3.8) is 0 Å². The second-order valence-electron chi connectivity index (χ2n) is 6.12. The summed E-state index contributed by atoms with van der Waals surface area (Å²) in [4.78, 5) is 30.7. The maximum absolute atomic E-state index is 12.6. The standard InChI is InChI=1S/C19H20ClN3O3/c1-26-19(25)13-5-6-16(20)17(10-13)22-18(24)14-9-15(12-21-11-14)23-7-3-2-4-8-23/h5-6,9-12H,2-4,7-8H2,1H3,(H,22,24). The highest BCUT2D eigenvalue weighted by molar-refractivity contribution is 6.34. The first kappa shape index (κ1) is 18.2. The summed E-state index contributed by atoms with van der Waals surface area (Å²) >= 11 is 6.14. The number of carbonyl (C=O) groups is 2. The minimum absolute atomic E-state index is 0.312. The number of rotatable bonds is 4. The molecule has 0 spiro atoms. The van der Waals surface area contributed by atoms with Crippen molar-refractivity contribution in [3.8, 4) is 0 Å². The van der Waals surface area contributed by atoms with Crippen molar-refractivity contribution in [2.75, 3.05) is 30.4 Å². The van der Waals surface area contributed by atoms with E-state index in [1.54, 1.807) is 18.3 Å². The Balaban J connectivity index is 1.79. The molecule has 6 nitrogen and oxygen atoms in total. The summed E-state index contributed by atoms with van der Waals surface area (Å²) in [6.45, 7) is 1.94. The lowest BCUT2D eigenvalue weighted by molar-refractivity contribution is 0.0600. The molecule has 0 aliphatic carbocycles. The van der Waals surface area contributed by atoms with Crippen LogP contribution in [0.3, 0.4) is 0 Å². The topological polar surface area (TPSA) is 71.5 Å². The summed E-state index contributed by atoms with van der Waals surface area (Å²) in [6, 6.07) is 6.41. The molecule has 0 saturated carbocycles. The fourth-order valence-electron chi connectivity index (χ4n) is 2.94. The van der Waals surface area contributed by atoms with Gasteiger partial charge in [-0.05, 0) is 43.5 Å². The van der Waals surface area contributed by atoms with E-state index in [2.05, 4.69) is 15.2 Å². The van der Waals surface area contributed by atoms with E-state index in [4.69, 9.17) is 16.3 Å². The van der Waals surface area contributed by atoms with Gasteiger partial charge >= 0.3 is 5.97 Å². The molecule has 0 bridgehead atoms. The largest absolute Gasteiger partial charge is 0.465 e. The third-order valence-electron chi connectivity index (χ3n) is 4.34. The fraction of sp³-hybridized carbons (Fsp3) is 0.316. The van der Waals surface area contributed by atoms with Gasteiger partial charge in [-0.25, -0.2) is 4.79 Å². The van der Waals surface area contributed by atoms with Gasteiger partial charge in [-0.3, -0.25) is 9.78 Å². The number of pyridine rings is 1. The highest BCUT2D eigenvalue weighted by atomic mass is 35.5. The molecule has 1 fully saturated rings. The number of amides is 1. The van der Waals surface area contributed by atoms with Gasteiger partial charge in [0, 0.05) is 19.3 Å². The van der Waals surface area contributed by atoms with Crippen molar-refractivity contribution in [3.05, 3.63) is 52.8 Å². The van der Waals surface area contributed by atoms with Crippen molar-refractivity contribution in [2.24, 2.45) is 0 Å². The van der Waals surface area contributed by atoms with Gasteiger partial charge in [0.1, 0.15) is 0 Å². The van der Waals surface area contributed by atoms with E-state index in [0.29, 0.717) is 21.8 Å². The van der Waals surface area contributed by atoms with Crippen LogP contribution < -0.4 is 10.2 Å². The fourth-order valence-corrected chi connectivity index (χ4v) is 3.10. The average molecular weight is 374 g/mol. The van der Waals surface area contributed by atoms with E-state index in [9.17, 15) is 9.59 Å². The summed E-state index contributed by atoms with van der Waals surface area (Å²) in [6.07, 6.45) is 6.81. The first-order valence-electron chi connectivity index (χ1n) is 8.47. The highest BCUT2D eigenvalue weighted by Gasteiger charge is 2.16. The number of benzene rings is 1. The number of carbonyl (C=O) groups excluding carboxylic acids is 2. The van der Waals surface area contributed by atoms with E-state index in [1.165, 1.54) is 25.8 Å². The second kappa shape index (κ2) is 8.19. The summed E-state index contributed by atoms with van der Waals surface area (Å²) in [7, 11) is 1.30. The van der Waals surface area contributed by atoms with Crippen LogP contribution in [-0.4, -0.2) is 37.1 Å². The van der Waals surface area contributed by atoms with E-state index in [-0.39, 0.29) is 5.91 Å². The summed E-state index contributed by atoms with van der Waals surface area (Å²) < 4.78 is 4.69. The van der Waals surface area contributed by atoms with Crippen molar-refractivity contribution < 1.29 is 14.3 Å². The number of hydrogen-bond acceptors (Lipinski definition) is 5. The molecule has 3 rings (SSSR count). The number of aromatic nitrogens is 1. The number of nitrogens with zero attached hydrogens (tertiary/aromatic N) is 2. The zero-order valence-electron chi connectivity index (χ0n) is 14.5. The molecule has 0 atom stereocenters. The lowest BCUT2D eigenvalue weighted by atomic mass is 10.1. The second-order valence-corrected chi connectivity index (χ2v) is 6.53. The van der Waals surface area contributed by atoms with Crippen LogP contribution >= 0.6 is 11.6 Å². The molecule has 0 radical (unpaired) electrons. The molecular formula is C19H20ClN3O3. The van der Waals surface area contributed by atoms with Crippen LogP contribution in [-0.2, 0) is 4.74 Å². The molecule has 0 unspecified atom stereocenters. The number of ether oxygens (including phenoxy) is 1. The van der Waals surface area contributed by atoms with Gasteiger partial charge in [-0.1, -0.05) is 11.6 Å². The average Bonchev–Trinajstić information content (AvgIpc) is 2.69. The SMILES string of the molecule is COC(=O)c1ccc(Cl)c(NC(=O)c2cncc(N3CCCCC3)c2)c1. The van der Waals surface area contributed by atoms with Crippen molar-refractivity contribution in [2.45, 2.75) is 19.3 Å². The summed E-state index contributed by atoms with van der Waals surface area (Å²) in [5.74, 6) is -0.828. The Morgan fingerprint density at radius 3 is 2.62 bits per heavy atom. The molecule has 1 amide bonds. The van der Waals surface area contributed by atoms with Crippen LogP contribution in [0.15, 0.2) is 36.7 Å². The maximum atomic E-state index is 12.6. The monoisotopic (exact) mass is 373 g/mol. The molecule has 1 aliphatic heterocycles. The number of anilines is 2. The van der Waals surface area contributed by atoms with E-state index >= 15 is 0 Å². The van der Waals surface area contributed by atoms with Gasteiger partial charge in [-0.15, -0.1) is 0 Å². The first-order chi connectivity index (χ1) is 12.6. The van der Waals surface area contributed by atoms with Crippen LogP contribution in [0.1, 0.15) is 40.0 Å². The molecule has 2 heterocycles. The summed E-state index contributed by atoms with van der Waals surface area (Å²) in [5, 5.41) is 3.08. The lowest BCUT2D eigenvalue weighted by Gasteiger charge is -2.28. The van der Waals surface area contributed by atoms with Crippen LogP contribution in [0.2, 0.25) is 5.02 Å². The van der Waals surface area contributed by atoms with Crippen molar-refractivity contribution in [1.82, 2.24) is 4.98 Å². The molecule has 1 aliphatic rings. The van der Waals surface area contributed by atoms with Crippen LogP contribution in [0.5, 0.6) is 0 Å². The molecule has 136 valence electrons. The smallest absolute Gasteiger partial charge is 0.337 e. The van der Waals surface area contributed by atoms with Crippen LogP contribution in [0, 0.1) is 0 Å². The van der Waals surface area contributed by atoms with Gasteiger partial charge in [0.2, 0.25) is 0 Å². The molecule has 1 aromatic heterocycles. The Kier molecular flexibility index (Phi) is 5.73. The quantitative estimate of drug-likeness (QED) is 0.826. The Hall–Kier alpha value is -2.60. The highest BCUT2D eigenvalue weighted by Crippen LogP contribution is 2.25. The Bertz CT molecular complexity index is 819. The molecule has 1 N–H and O–H groups in total. The number of hydrogen-bond donors (Lipinski definition) is 1. The number of nitrogens with one attached hydrogen (secondary N) is 1. The minimum Gasteiger partial charge on any atom is -0.465 e. The van der Waals surface area contributed by atoms with E-state index < -0.39 is 5.97 Å². The van der Waals surface area contributed by atoms with Crippen LogP contribution in [0.25, 0.3) is 0 Å². The third kappa shape index (κ3) is 4.14. The van der Waals surface area contributed by atoms with E-state index in [0.717, 1.165) is 31.6 Å². The Morgan fingerprint density at radius 1 is 1.12 bits per heavy atom. The zero-order valence-corrected chi connectivity index (χ0v) is 15.3. The van der Waals surface area contributed by atoms with E-state index in [1.807, 2.05) is 6.07 Å². The zero-order chi connectivity index (χ0) is 18.5. The predicted octanol–water partition coefficient (Wildman–Crippen LogP) is 3.76. The molecular weight excluding hydrogens is 354 g/mol. The number of esters is 1. The first-order valence-corrected chi connectivity index (χ1v) is 8.85. The van der Waals surface area contributed by atoms with Gasteiger partial charge in [0.15, 0.2) is 0 Å². The molecule has 1 saturated heterocycles. The lowest BCUT2D eigenvalue weighted by Crippen LogP contribution is -2.29. The molecule has 7 heteroatoms. The maximum Gasteiger partial charge on any atom is 0.337 e. The Labute approximate surface area is 157 Å². The molecule has 26 heavy (non-hydrogen) atoms. The number of halogens is 1.